The number of amides is 1. The van der Waals surface area contributed by atoms with Crippen LogP contribution in [0.25, 0.3) is 16.3 Å². The molecule has 29 heavy (non-hydrogen) atoms. The lowest BCUT2D eigenvalue weighted by molar-refractivity contribution is -0.114. The second-order valence-corrected chi connectivity index (χ2v) is 8.20. The zero-order chi connectivity index (χ0) is 20.2. The molecule has 2 aromatic heterocycles. The van der Waals surface area contributed by atoms with Crippen LogP contribution in [0, 0.1) is 6.92 Å². The summed E-state index contributed by atoms with van der Waals surface area (Å²) in [7, 11) is 0. The lowest BCUT2D eigenvalue weighted by Crippen LogP contribution is -2.07. The molecular formula is C20H18N6OS2. The van der Waals surface area contributed by atoms with E-state index in [9.17, 15) is 4.79 Å². The van der Waals surface area contributed by atoms with Crippen LogP contribution in [-0.2, 0) is 10.5 Å². The Bertz CT molecular complexity index is 1140. The number of hydrogen-bond donors (Lipinski definition) is 1. The fraction of sp³-hybridized carbons (Fsp3) is 0.150. The first-order valence-electron chi connectivity index (χ1n) is 8.89. The summed E-state index contributed by atoms with van der Waals surface area (Å²) < 4.78 is 1.66. The van der Waals surface area contributed by atoms with Crippen LogP contribution in [0.5, 0.6) is 0 Å². The van der Waals surface area contributed by atoms with E-state index in [2.05, 4.69) is 57.4 Å². The maximum Gasteiger partial charge on any atom is 0.221 e. The SMILES string of the molecule is CC(=O)Nc1cccc(-n2nnnc2SCc2csc(-c3ccc(C)cc3)n2)c1. The molecule has 0 aliphatic heterocycles. The molecule has 0 aliphatic carbocycles. The number of nitrogens with zero attached hydrogens (tertiary/aromatic N) is 5. The minimum atomic E-state index is -0.124. The van der Waals surface area contributed by atoms with Gasteiger partial charge in [0.2, 0.25) is 11.1 Å². The summed E-state index contributed by atoms with van der Waals surface area (Å²) in [5, 5.41) is 18.5. The highest BCUT2D eigenvalue weighted by Gasteiger charge is 2.12. The van der Waals surface area contributed by atoms with Crippen LogP contribution in [-0.4, -0.2) is 31.1 Å². The summed E-state index contributed by atoms with van der Waals surface area (Å²) in [5.74, 6) is 0.537. The molecule has 0 bridgehead atoms. The summed E-state index contributed by atoms with van der Waals surface area (Å²) >= 11 is 3.15. The molecule has 0 spiro atoms. The average molecular weight is 423 g/mol. The Hall–Kier alpha value is -3.04. The van der Waals surface area contributed by atoms with Crippen LogP contribution in [0.4, 0.5) is 5.69 Å². The molecular weight excluding hydrogens is 404 g/mol. The molecule has 1 amide bonds. The van der Waals surface area contributed by atoms with Crippen molar-refractivity contribution in [1.82, 2.24) is 25.2 Å². The molecule has 4 rings (SSSR count). The number of aromatic nitrogens is 5. The maximum absolute atomic E-state index is 11.3. The zero-order valence-corrected chi connectivity index (χ0v) is 17.5. The lowest BCUT2D eigenvalue weighted by atomic mass is 10.2. The number of anilines is 1. The number of hydrogen-bond acceptors (Lipinski definition) is 7. The Labute approximate surface area is 176 Å². The van der Waals surface area contributed by atoms with Gasteiger partial charge in [-0.2, -0.15) is 4.68 Å². The van der Waals surface area contributed by atoms with Gasteiger partial charge < -0.3 is 5.32 Å². The van der Waals surface area contributed by atoms with Crippen molar-refractivity contribution >= 4 is 34.7 Å². The van der Waals surface area contributed by atoms with E-state index >= 15 is 0 Å². The van der Waals surface area contributed by atoms with Crippen LogP contribution in [0.1, 0.15) is 18.2 Å². The third-order valence-corrected chi connectivity index (χ3v) is 5.94. The van der Waals surface area contributed by atoms with Crippen molar-refractivity contribution in [2.24, 2.45) is 0 Å². The summed E-state index contributed by atoms with van der Waals surface area (Å²) in [6.07, 6.45) is 0. The van der Waals surface area contributed by atoms with Gasteiger partial charge in [-0.25, -0.2) is 4.98 Å². The minimum Gasteiger partial charge on any atom is -0.326 e. The van der Waals surface area contributed by atoms with Gasteiger partial charge >= 0.3 is 0 Å². The van der Waals surface area contributed by atoms with Gasteiger partial charge in [-0.15, -0.1) is 16.4 Å². The van der Waals surface area contributed by atoms with Gasteiger partial charge in [-0.1, -0.05) is 47.7 Å². The fourth-order valence-corrected chi connectivity index (χ4v) is 4.40. The van der Waals surface area contributed by atoms with Gasteiger partial charge in [0, 0.05) is 29.3 Å². The standard InChI is InChI=1S/C20H18N6OS2/c1-13-6-8-15(9-7-13)19-22-17(11-28-19)12-29-20-23-24-25-26(20)18-5-3-4-16(10-18)21-14(2)27/h3-11H,12H2,1-2H3,(H,21,27). The van der Waals surface area contributed by atoms with Crippen LogP contribution in [0.15, 0.2) is 59.1 Å². The Kier molecular flexibility index (Phi) is 5.68. The molecule has 0 fully saturated rings. The number of rotatable bonds is 6. The van der Waals surface area contributed by atoms with Gasteiger partial charge in [0.25, 0.3) is 0 Å². The zero-order valence-electron chi connectivity index (χ0n) is 15.9. The second-order valence-electron chi connectivity index (χ2n) is 6.40. The number of carbonyl (C=O) groups excluding carboxylic acids is 1. The van der Waals surface area contributed by atoms with Crippen LogP contribution in [0.2, 0.25) is 0 Å². The molecule has 0 saturated carbocycles. The van der Waals surface area contributed by atoms with E-state index in [4.69, 9.17) is 4.98 Å². The highest BCUT2D eigenvalue weighted by Crippen LogP contribution is 2.28. The van der Waals surface area contributed by atoms with E-state index in [-0.39, 0.29) is 5.91 Å². The highest BCUT2D eigenvalue weighted by atomic mass is 32.2. The summed E-state index contributed by atoms with van der Waals surface area (Å²) in [5.41, 5.74) is 4.81. The first kappa shape index (κ1) is 19.3. The number of thiazole rings is 1. The second kappa shape index (κ2) is 8.54. The number of carbonyl (C=O) groups is 1. The first-order valence-corrected chi connectivity index (χ1v) is 10.8. The monoisotopic (exact) mass is 422 g/mol. The van der Waals surface area contributed by atoms with Gasteiger partial charge in [-0.05, 0) is 35.5 Å². The minimum absolute atomic E-state index is 0.124. The van der Waals surface area contributed by atoms with Crippen molar-refractivity contribution < 1.29 is 4.79 Å². The Morgan fingerprint density at radius 1 is 1.21 bits per heavy atom. The normalized spacial score (nSPS) is 10.8. The Morgan fingerprint density at radius 2 is 2.03 bits per heavy atom. The van der Waals surface area contributed by atoms with Crippen molar-refractivity contribution in [3.05, 3.63) is 65.2 Å². The van der Waals surface area contributed by atoms with Crippen molar-refractivity contribution in [2.75, 3.05) is 5.32 Å². The van der Waals surface area contributed by atoms with E-state index in [1.165, 1.54) is 24.2 Å². The van der Waals surface area contributed by atoms with Gasteiger partial charge in [0.1, 0.15) is 5.01 Å². The van der Waals surface area contributed by atoms with Crippen molar-refractivity contribution in [2.45, 2.75) is 24.8 Å². The molecule has 4 aromatic rings. The Morgan fingerprint density at radius 3 is 2.83 bits per heavy atom. The smallest absolute Gasteiger partial charge is 0.221 e. The maximum atomic E-state index is 11.3. The lowest BCUT2D eigenvalue weighted by Gasteiger charge is -2.06. The molecule has 0 radical (unpaired) electrons. The molecule has 9 heteroatoms. The molecule has 0 unspecified atom stereocenters. The predicted octanol–water partition coefficient (Wildman–Crippen LogP) is 4.34. The van der Waals surface area contributed by atoms with Gasteiger partial charge in [0.05, 0.1) is 11.4 Å². The van der Waals surface area contributed by atoms with E-state index in [1.54, 1.807) is 16.0 Å². The quantitative estimate of drug-likeness (QED) is 0.465. The van der Waals surface area contributed by atoms with Crippen molar-refractivity contribution in [3.63, 3.8) is 0 Å². The largest absolute Gasteiger partial charge is 0.326 e. The third-order valence-electron chi connectivity index (χ3n) is 4.05. The van der Waals surface area contributed by atoms with Crippen LogP contribution in [0.3, 0.4) is 0 Å². The molecule has 2 aromatic carbocycles. The molecule has 0 saturated heterocycles. The number of nitrogens with one attached hydrogen (secondary N) is 1. The van der Waals surface area contributed by atoms with E-state index in [0.717, 1.165) is 22.0 Å². The summed E-state index contributed by atoms with van der Waals surface area (Å²) in [6.45, 7) is 3.55. The topological polar surface area (TPSA) is 85.6 Å². The number of thioether (sulfide) groups is 1. The van der Waals surface area contributed by atoms with Gasteiger partial charge in [-0.3, -0.25) is 4.79 Å². The Balaban J connectivity index is 1.48. The third kappa shape index (κ3) is 4.69. The average Bonchev–Trinajstić information content (AvgIpc) is 3.36. The molecule has 2 heterocycles. The predicted molar refractivity (Wildman–Crippen MR) is 115 cm³/mol. The van der Waals surface area contributed by atoms with Gasteiger partial charge in [0.15, 0.2) is 0 Å². The molecule has 146 valence electrons. The van der Waals surface area contributed by atoms with Crippen LogP contribution >= 0.6 is 23.1 Å². The van der Waals surface area contributed by atoms with Crippen molar-refractivity contribution in [3.8, 4) is 16.3 Å². The van der Waals surface area contributed by atoms with Crippen LogP contribution < -0.4 is 5.32 Å². The number of tetrazole rings is 1. The fourth-order valence-electron chi connectivity index (χ4n) is 2.69. The first-order chi connectivity index (χ1) is 14.1. The highest BCUT2D eigenvalue weighted by molar-refractivity contribution is 7.98. The molecule has 7 nitrogen and oxygen atoms in total. The summed E-state index contributed by atoms with van der Waals surface area (Å²) in [4.78, 5) is 16.0. The molecule has 0 aliphatic rings. The van der Waals surface area contributed by atoms with Crippen molar-refractivity contribution in [1.29, 1.82) is 0 Å². The summed E-state index contributed by atoms with van der Waals surface area (Å²) in [6, 6.07) is 15.8. The number of aryl methyl sites for hydroxylation is 1. The molecule has 0 atom stereocenters. The number of benzene rings is 2. The molecule has 1 N–H and O–H groups in total. The van der Waals surface area contributed by atoms with E-state index < -0.39 is 0 Å². The van der Waals surface area contributed by atoms with E-state index in [0.29, 0.717) is 16.6 Å². The van der Waals surface area contributed by atoms with E-state index in [1.807, 2.05) is 24.3 Å².